The van der Waals surface area contributed by atoms with Crippen LogP contribution in [0.3, 0.4) is 0 Å². The summed E-state index contributed by atoms with van der Waals surface area (Å²) in [4.78, 5) is 0. The summed E-state index contributed by atoms with van der Waals surface area (Å²) < 4.78 is 17.1. The molecule has 0 aromatic carbocycles. The van der Waals surface area contributed by atoms with Crippen molar-refractivity contribution in [2.45, 2.75) is 103 Å². The van der Waals surface area contributed by atoms with E-state index in [2.05, 4.69) is 41.7 Å². The van der Waals surface area contributed by atoms with Gasteiger partial charge in [-0.2, -0.15) is 0 Å². The van der Waals surface area contributed by atoms with Gasteiger partial charge in [0.1, 0.15) is 12.4 Å². The van der Waals surface area contributed by atoms with Crippen LogP contribution in [0.2, 0.25) is 0 Å². The van der Waals surface area contributed by atoms with Gasteiger partial charge in [-0.3, -0.25) is 0 Å². The predicted octanol–water partition coefficient (Wildman–Crippen LogP) is 4.75. The predicted molar refractivity (Wildman–Crippen MR) is 109 cm³/mol. The summed E-state index contributed by atoms with van der Waals surface area (Å²) in [7, 11) is 0. The Morgan fingerprint density at radius 1 is 0.852 bits per heavy atom. The molecule has 2 aliphatic carbocycles. The second-order valence-corrected chi connectivity index (χ2v) is 8.71. The van der Waals surface area contributed by atoms with Gasteiger partial charge in [-0.05, 0) is 38.5 Å². The van der Waals surface area contributed by atoms with Gasteiger partial charge in [0.15, 0.2) is 0 Å². The van der Waals surface area contributed by atoms with Gasteiger partial charge in [0.25, 0.3) is 0 Å². The van der Waals surface area contributed by atoms with Crippen molar-refractivity contribution in [2.24, 2.45) is 11.8 Å². The number of hydrogen-bond donors (Lipinski definition) is 0. The summed E-state index contributed by atoms with van der Waals surface area (Å²) in [5, 5.41) is 0. The molecule has 2 fully saturated rings. The number of hydrogen-bond acceptors (Lipinski definition) is 2. The molecular weight excluding hydrogens is 336 g/mol. The first-order chi connectivity index (χ1) is 13.3. The van der Waals surface area contributed by atoms with Crippen LogP contribution in [-0.2, 0) is 22.6 Å². The Morgan fingerprint density at radius 2 is 1.44 bits per heavy atom. The number of imidazole rings is 1. The van der Waals surface area contributed by atoms with Crippen LogP contribution in [0.1, 0.15) is 78.1 Å². The lowest BCUT2D eigenvalue weighted by Gasteiger charge is -2.30. The molecule has 0 spiro atoms. The Hall–Kier alpha value is -0.870. The fourth-order valence-corrected chi connectivity index (χ4v) is 4.94. The van der Waals surface area contributed by atoms with Gasteiger partial charge >= 0.3 is 0 Å². The topological polar surface area (TPSA) is 27.3 Å². The zero-order chi connectivity index (χ0) is 18.9. The van der Waals surface area contributed by atoms with E-state index < -0.39 is 0 Å². The maximum atomic E-state index is 6.16. The molecule has 3 rings (SSSR count). The van der Waals surface area contributed by atoms with Gasteiger partial charge in [-0.15, -0.1) is 0 Å². The SMILES string of the molecule is CCCOC1CCCCC1Cn1cc[n+](CC2CCCCC2OCCC)c1. The standard InChI is InChI=1S/C23H41N2O2/c1-3-15-26-22-11-7-5-9-20(22)17-24-13-14-25(19-24)18-21-10-6-8-12-23(21)27-16-4-2/h13-14,19-23H,3-12,15-18H2,1-2H3/q+1. The van der Waals surface area contributed by atoms with Gasteiger partial charge in [0, 0.05) is 25.0 Å². The summed E-state index contributed by atoms with van der Waals surface area (Å²) in [6.07, 6.45) is 20.5. The van der Waals surface area contributed by atoms with Crippen molar-refractivity contribution in [2.75, 3.05) is 13.2 Å². The molecule has 0 bridgehead atoms. The summed E-state index contributed by atoms with van der Waals surface area (Å²) in [5.74, 6) is 1.34. The fraction of sp³-hybridized carbons (Fsp3) is 0.870. The molecule has 2 aliphatic rings. The highest BCUT2D eigenvalue weighted by atomic mass is 16.5. The molecule has 0 N–H and O–H groups in total. The molecule has 0 amide bonds. The van der Waals surface area contributed by atoms with Crippen molar-refractivity contribution in [3.63, 3.8) is 0 Å². The molecule has 1 aromatic rings. The van der Waals surface area contributed by atoms with Crippen molar-refractivity contribution in [1.29, 1.82) is 0 Å². The van der Waals surface area contributed by atoms with E-state index in [-0.39, 0.29) is 0 Å². The van der Waals surface area contributed by atoms with Crippen molar-refractivity contribution >= 4 is 0 Å². The van der Waals surface area contributed by atoms with Crippen LogP contribution in [0.5, 0.6) is 0 Å². The van der Waals surface area contributed by atoms with E-state index in [4.69, 9.17) is 9.47 Å². The maximum absolute atomic E-state index is 6.16. The molecule has 0 aliphatic heterocycles. The third kappa shape index (κ3) is 6.32. The Labute approximate surface area is 166 Å². The van der Waals surface area contributed by atoms with E-state index >= 15 is 0 Å². The van der Waals surface area contributed by atoms with E-state index in [0.29, 0.717) is 24.0 Å². The third-order valence-electron chi connectivity index (χ3n) is 6.39. The van der Waals surface area contributed by atoms with Crippen LogP contribution < -0.4 is 4.57 Å². The normalized spacial score (nSPS) is 29.1. The van der Waals surface area contributed by atoms with Gasteiger partial charge in [0.2, 0.25) is 6.33 Å². The summed E-state index contributed by atoms with van der Waals surface area (Å²) in [6, 6.07) is 0. The lowest BCUT2D eigenvalue weighted by atomic mass is 9.86. The van der Waals surface area contributed by atoms with Crippen LogP contribution in [0, 0.1) is 11.8 Å². The molecule has 1 heterocycles. The lowest BCUT2D eigenvalue weighted by molar-refractivity contribution is -0.704. The number of aromatic nitrogens is 2. The van der Waals surface area contributed by atoms with Crippen molar-refractivity contribution in [3.8, 4) is 0 Å². The second-order valence-electron chi connectivity index (χ2n) is 8.71. The third-order valence-corrected chi connectivity index (χ3v) is 6.39. The van der Waals surface area contributed by atoms with Crippen LogP contribution >= 0.6 is 0 Å². The highest BCUT2D eigenvalue weighted by Crippen LogP contribution is 2.29. The highest BCUT2D eigenvalue weighted by molar-refractivity contribution is 4.79. The Bertz CT molecular complexity index is 486. The van der Waals surface area contributed by atoms with Crippen molar-refractivity contribution in [1.82, 2.24) is 4.57 Å². The Balaban J connectivity index is 1.54. The van der Waals surface area contributed by atoms with E-state index in [1.165, 1.54) is 51.4 Å². The van der Waals surface area contributed by atoms with Crippen molar-refractivity contribution in [3.05, 3.63) is 18.7 Å². The number of ether oxygens (including phenoxy) is 2. The minimum Gasteiger partial charge on any atom is -0.378 e. The summed E-state index contributed by atoms with van der Waals surface area (Å²) in [6.45, 7) is 8.43. The van der Waals surface area contributed by atoms with Gasteiger partial charge in [-0.1, -0.05) is 39.5 Å². The summed E-state index contributed by atoms with van der Waals surface area (Å²) in [5.41, 5.74) is 0. The van der Waals surface area contributed by atoms with E-state index in [1.807, 2.05) is 0 Å². The molecule has 154 valence electrons. The van der Waals surface area contributed by atoms with Gasteiger partial charge in [0.05, 0.1) is 25.3 Å². The molecule has 4 atom stereocenters. The highest BCUT2D eigenvalue weighted by Gasteiger charge is 2.29. The molecule has 27 heavy (non-hydrogen) atoms. The average Bonchev–Trinajstić information content (AvgIpc) is 3.13. The molecular formula is C23H41N2O2+. The number of nitrogens with zero attached hydrogens (tertiary/aromatic N) is 2. The molecule has 1 aromatic heterocycles. The first-order valence-corrected chi connectivity index (χ1v) is 11.6. The minimum atomic E-state index is 0.458. The quantitative estimate of drug-likeness (QED) is 0.550. The van der Waals surface area contributed by atoms with Crippen molar-refractivity contribution < 1.29 is 14.0 Å². The van der Waals surface area contributed by atoms with Crippen LogP contribution in [0.4, 0.5) is 0 Å². The smallest absolute Gasteiger partial charge is 0.243 e. The fourth-order valence-electron chi connectivity index (χ4n) is 4.94. The van der Waals surface area contributed by atoms with Crippen LogP contribution in [0.25, 0.3) is 0 Å². The number of rotatable bonds is 10. The molecule has 0 radical (unpaired) electrons. The van der Waals surface area contributed by atoms with E-state index in [0.717, 1.165) is 39.1 Å². The first-order valence-electron chi connectivity index (χ1n) is 11.6. The zero-order valence-electron chi connectivity index (χ0n) is 17.7. The minimum absolute atomic E-state index is 0.458. The second kappa shape index (κ2) is 11.2. The van der Waals surface area contributed by atoms with Gasteiger partial charge < -0.3 is 9.47 Å². The lowest BCUT2D eigenvalue weighted by Crippen LogP contribution is -2.42. The maximum Gasteiger partial charge on any atom is 0.243 e. The molecule has 0 saturated heterocycles. The average molecular weight is 378 g/mol. The van der Waals surface area contributed by atoms with Crippen LogP contribution in [0.15, 0.2) is 18.7 Å². The zero-order valence-corrected chi connectivity index (χ0v) is 17.7. The molecule has 4 heteroatoms. The monoisotopic (exact) mass is 377 g/mol. The van der Waals surface area contributed by atoms with Gasteiger partial charge in [-0.25, -0.2) is 9.13 Å². The molecule has 4 nitrogen and oxygen atoms in total. The summed E-state index contributed by atoms with van der Waals surface area (Å²) >= 11 is 0. The largest absolute Gasteiger partial charge is 0.378 e. The Kier molecular flexibility index (Phi) is 8.66. The Morgan fingerprint density at radius 3 is 2.11 bits per heavy atom. The van der Waals surface area contributed by atoms with E-state index in [9.17, 15) is 0 Å². The molecule has 2 saturated carbocycles. The first kappa shape index (κ1) is 20.9. The van der Waals surface area contributed by atoms with Crippen LogP contribution in [-0.4, -0.2) is 30.0 Å². The molecule has 4 unspecified atom stereocenters. The van der Waals surface area contributed by atoms with E-state index in [1.54, 1.807) is 0 Å².